The van der Waals surface area contributed by atoms with Crippen LogP contribution in [0.1, 0.15) is 42.6 Å². The second kappa shape index (κ2) is 9.28. The molecule has 0 spiro atoms. The molecule has 0 radical (unpaired) electrons. The number of nitrogens with zero attached hydrogens (tertiary/aromatic N) is 2. The summed E-state index contributed by atoms with van der Waals surface area (Å²) in [7, 11) is 0. The summed E-state index contributed by atoms with van der Waals surface area (Å²) in [6.07, 6.45) is 3.56. The van der Waals surface area contributed by atoms with Gasteiger partial charge in [-0.3, -0.25) is 4.79 Å². The van der Waals surface area contributed by atoms with Gasteiger partial charge in [-0.25, -0.2) is 4.98 Å². The van der Waals surface area contributed by atoms with Crippen molar-refractivity contribution in [2.24, 2.45) is 0 Å². The van der Waals surface area contributed by atoms with Gasteiger partial charge in [0.25, 0.3) is 5.91 Å². The molecule has 1 amide bonds. The van der Waals surface area contributed by atoms with Gasteiger partial charge in [-0.2, -0.15) is 0 Å². The Morgan fingerprint density at radius 1 is 1.08 bits per heavy atom. The Morgan fingerprint density at radius 3 is 2.29 bits per heavy atom. The van der Waals surface area contributed by atoms with Crippen molar-refractivity contribution < 1.29 is 4.79 Å². The Bertz CT molecular complexity index is 635. The van der Waals surface area contributed by atoms with E-state index in [1.807, 2.05) is 41.3 Å². The van der Waals surface area contributed by atoms with Gasteiger partial charge >= 0.3 is 0 Å². The average molecular weight is 346 g/mol. The van der Waals surface area contributed by atoms with Crippen molar-refractivity contribution in [2.75, 3.05) is 18.4 Å². The van der Waals surface area contributed by atoms with E-state index in [2.05, 4.69) is 24.1 Å². The van der Waals surface area contributed by atoms with E-state index in [0.29, 0.717) is 12.1 Å². The number of hydrogen-bond acceptors (Lipinski definition) is 3. The van der Waals surface area contributed by atoms with Crippen molar-refractivity contribution in [2.45, 2.75) is 33.2 Å². The van der Waals surface area contributed by atoms with E-state index >= 15 is 0 Å². The maximum absolute atomic E-state index is 12.5. The summed E-state index contributed by atoms with van der Waals surface area (Å²) in [5.74, 6) is 0.800. The lowest BCUT2D eigenvalue weighted by Crippen LogP contribution is -2.32. The van der Waals surface area contributed by atoms with Crippen LogP contribution in [0.15, 0.2) is 42.6 Å². The van der Waals surface area contributed by atoms with Gasteiger partial charge in [-0.05, 0) is 42.7 Å². The normalized spacial score (nSPS) is 10.5. The van der Waals surface area contributed by atoms with Crippen LogP contribution in [0.5, 0.6) is 0 Å². The fourth-order valence-electron chi connectivity index (χ4n) is 2.46. The van der Waals surface area contributed by atoms with Crippen LogP contribution in [0.3, 0.4) is 0 Å². The van der Waals surface area contributed by atoms with E-state index in [1.165, 1.54) is 0 Å². The average Bonchev–Trinajstić information content (AvgIpc) is 2.61. The van der Waals surface area contributed by atoms with Crippen molar-refractivity contribution in [3.63, 3.8) is 0 Å². The summed E-state index contributed by atoms with van der Waals surface area (Å²) in [5.41, 5.74) is 1.76. The minimum atomic E-state index is 0.0513. The molecule has 128 valence electrons. The first-order valence-corrected chi connectivity index (χ1v) is 8.75. The second-order valence-electron chi connectivity index (χ2n) is 5.70. The van der Waals surface area contributed by atoms with Gasteiger partial charge in [0, 0.05) is 30.9 Å². The van der Waals surface area contributed by atoms with Gasteiger partial charge in [-0.15, -0.1) is 0 Å². The molecule has 0 atom stereocenters. The van der Waals surface area contributed by atoms with Crippen molar-refractivity contribution >= 4 is 23.3 Å². The van der Waals surface area contributed by atoms with Crippen LogP contribution in [-0.4, -0.2) is 28.9 Å². The monoisotopic (exact) mass is 345 g/mol. The zero-order valence-electron chi connectivity index (χ0n) is 14.3. The number of carbonyl (C=O) groups excluding carboxylic acids is 1. The number of pyridine rings is 1. The van der Waals surface area contributed by atoms with Crippen LogP contribution >= 0.6 is 11.6 Å². The van der Waals surface area contributed by atoms with Gasteiger partial charge in [0.15, 0.2) is 0 Å². The molecule has 4 nitrogen and oxygen atoms in total. The number of benzene rings is 1. The zero-order chi connectivity index (χ0) is 17.4. The summed E-state index contributed by atoms with van der Waals surface area (Å²) in [5, 5.41) is 3.97. The Kier molecular flexibility index (Phi) is 7.07. The van der Waals surface area contributed by atoms with Crippen molar-refractivity contribution in [3.05, 3.63) is 58.7 Å². The molecule has 0 unspecified atom stereocenters. The molecule has 1 heterocycles. The number of amides is 1. The highest BCUT2D eigenvalue weighted by Crippen LogP contribution is 2.13. The van der Waals surface area contributed by atoms with Gasteiger partial charge in [0.05, 0.1) is 5.56 Å². The molecular weight excluding hydrogens is 322 g/mol. The molecule has 0 bridgehead atoms. The van der Waals surface area contributed by atoms with Crippen LogP contribution in [0.25, 0.3) is 0 Å². The lowest BCUT2D eigenvalue weighted by atomic mass is 10.2. The summed E-state index contributed by atoms with van der Waals surface area (Å²) in [6, 6.07) is 11.4. The third kappa shape index (κ3) is 5.24. The number of carbonyl (C=O) groups is 1. The topological polar surface area (TPSA) is 45.2 Å². The van der Waals surface area contributed by atoms with E-state index in [-0.39, 0.29) is 5.91 Å². The highest BCUT2D eigenvalue weighted by atomic mass is 35.5. The molecular formula is C19H24ClN3O. The summed E-state index contributed by atoms with van der Waals surface area (Å²) in [4.78, 5) is 18.7. The summed E-state index contributed by atoms with van der Waals surface area (Å²) >= 11 is 5.88. The number of hydrogen-bond donors (Lipinski definition) is 1. The molecule has 0 fully saturated rings. The van der Waals surface area contributed by atoms with Crippen LogP contribution < -0.4 is 5.32 Å². The molecule has 2 rings (SSSR count). The van der Waals surface area contributed by atoms with E-state index in [9.17, 15) is 4.79 Å². The van der Waals surface area contributed by atoms with Gasteiger partial charge in [-0.1, -0.05) is 37.6 Å². The molecule has 0 saturated carbocycles. The number of anilines is 1. The predicted molar refractivity (Wildman–Crippen MR) is 99.5 cm³/mol. The molecule has 2 aromatic rings. The Labute approximate surface area is 148 Å². The first-order valence-electron chi connectivity index (χ1n) is 8.37. The van der Waals surface area contributed by atoms with E-state index in [0.717, 1.165) is 42.3 Å². The Morgan fingerprint density at radius 2 is 1.75 bits per heavy atom. The minimum absolute atomic E-state index is 0.0513. The lowest BCUT2D eigenvalue weighted by Gasteiger charge is -2.21. The molecule has 0 aliphatic rings. The highest BCUT2D eigenvalue weighted by Gasteiger charge is 2.14. The van der Waals surface area contributed by atoms with Crippen LogP contribution in [0, 0.1) is 0 Å². The zero-order valence-corrected chi connectivity index (χ0v) is 15.0. The van der Waals surface area contributed by atoms with E-state index in [1.54, 1.807) is 6.20 Å². The number of aromatic nitrogens is 1. The van der Waals surface area contributed by atoms with E-state index in [4.69, 9.17) is 11.6 Å². The molecule has 24 heavy (non-hydrogen) atoms. The first kappa shape index (κ1) is 18.3. The van der Waals surface area contributed by atoms with Crippen molar-refractivity contribution in [1.29, 1.82) is 0 Å². The Hall–Kier alpha value is -2.07. The maximum atomic E-state index is 12.5. The molecule has 5 heteroatoms. The molecule has 1 aromatic heterocycles. The largest absolute Gasteiger partial charge is 0.366 e. The Balaban J connectivity index is 1.96. The molecule has 1 N–H and O–H groups in total. The fourth-order valence-corrected chi connectivity index (χ4v) is 2.58. The third-order valence-corrected chi connectivity index (χ3v) is 3.92. The quantitative estimate of drug-likeness (QED) is 0.759. The van der Waals surface area contributed by atoms with Crippen LogP contribution in [0.4, 0.5) is 5.82 Å². The summed E-state index contributed by atoms with van der Waals surface area (Å²) in [6.45, 7) is 6.39. The smallest absolute Gasteiger partial charge is 0.255 e. The number of halogens is 1. The minimum Gasteiger partial charge on any atom is -0.366 e. The fraction of sp³-hybridized carbons (Fsp3) is 0.368. The molecule has 0 saturated heterocycles. The van der Waals surface area contributed by atoms with E-state index < -0.39 is 0 Å². The molecule has 0 aliphatic carbocycles. The predicted octanol–water partition coefficient (Wildman–Crippen LogP) is 4.61. The SMILES string of the molecule is CCCN(CCC)C(=O)c1ccc(NCc2ccc(Cl)cc2)nc1. The van der Waals surface area contributed by atoms with Gasteiger partial charge in [0.1, 0.15) is 5.82 Å². The van der Waals surface area contributed by atoms with Crippen LogP contribution in [-0.2, 0) is 6.54 Å². The lowest BCUT2D eigenvalue weighted by molar-refractivity contribution is 0.0755. The highest BCUT2D eigenvalue weighted by molar-refractivity contribution is 6.30. The number of nitrogens with one attached hydrogen (secondary N) is 1. The number of rotatable bonds is 8. The van der Waals surface area contributed by atoms with Gasteiger partial charge in [0.2, 0.25) is 0 Å². The maximum Gasteiger partial charge on any atom is 0.255 e. The summed E-state index contributed by atoms with van der Waals surface area (Å²) < 4.78 is 0. The van der Waals surface area contributed by atoms with Crippen molar-refractivity contribution in [1.82, 2.24) is 9.88 Å². The molecule has 1 aromatic carbocycles. The molecule has 0 aliphatic heterocycles. The first-order chi connectivity index (χ1) is 11.6. The van der Waals surface area contributed by atoms with Crippen molar-refractivity contribution in [3.8, 4) is 0 Å². The second-order valence-corrected chi connectivity index (χ2v) is 6.14. The standard InChI is InChI=1S/C19H24ClN3O/c1-3-11-23(12-4-2)19(24)16-7-10-18(22-14-16)21-13-15-5-8-17(20)9-6-15/h5-10,14H,3-4,11-13H2,1-2H3,(H,21,22). The third-order valence-electron chi connectivity index (χ3n) is 3.67. The van der Waals surface area contributed by atoms with Gasteiger partial charge < -0.3 is 10.2 Å². The van der Waals surface area contributed by atoms with Crippen LogP contribution in [0.2, 0.25) is 5.02 Å².